The van der Waals surface area contributed by atoms with Gasteiger partial charge in [0.05, 0.1) is 18.6 Å². The van der Waals surface area contributed by atoms with Crippen LogP contribution in [0.5, 0.6) is 0 Å². The number of hydrogen-bond acceptors (Lipinski definition) is 2. The van der Waals surface area contributed by atoms with Gasteiger partial charge in [0.2, 0.25) is 0 Å². The van der Waals surface area contributed by atoms with Crippen molar-refractivity contribution in [3.8, 4) is 0 Å². The quantitative estimate of drug-likeness (QED) is 0.911. The van der Waals surface area contributed by atoms with Crippen LogP contribution in [-0.2, 0) is 16.1 Å². The fourth-order valence-corrected chi connectivity index (χ4v) is 3.33. The van der Waals surface area contributed by atoms with Crippen LogP contribution in [0.25, 0.3) is 0 Å². The van der Waals surface area contributed by atoms with E-state index in [1.54, 1.807) is 0 Å². The van der Waals surface area contributed by atoms with Gasteiger partial charge in [-0.15, -0.1) is 0 Å². The van der Waals surface area contributed by atoms with E-state index < -0.39 is 5.97 Å². The number of ether oxygens (including phenoxy) is 1. The highest BCUT2D eigenvalue weighted by Gasteiger charge is 2.41. The number of benzene rings is 2. The van der Waals surface area contributed by atoms with Gasteiger partial charge >= 0.3 is 5.97 Å². The molecule has 0 saturated heterocycles. The zero-order chi connectivity index (χ0) is 15.4. The molecule has 3 heteroatoms. The first kappa shape index (κ1) is 14.8. The maximum Gasteiger partial charge on any atom is 0.307 e. The van der Waals surface area contributed by atoms with E-state index in [2.05, 4.69) is 0 Å². The Morgan fingerprint density at radius 2 is 1.64 bits per heavy atom. The third-order valence-electron chi connectivity index (χ3n) is 4.40. The summed E-state index contributed by atoms with van der Waals surface area (Å²) in [5.74, 6) is -1.15. The Hall–Kier alpha value is -2.13. The second kappa shape index (κ2) is 6.75. The molecule has 3 unspecified atom stereocenters. The predicted molar refractivity (Wildman–Crippen MR) is 84.6 cm³/mol. The molecule has 2 aromatic carbocycles. The lowest BCUT2D eigenvalue weighted by atomic mass is 9.87. The summed E-state index contributed by atoms with van der Waals surface area (Å²) in [6.45, 7) is 0.529. The second-order valence-electron chi connectivity index (χ2n) is 5.79. The highest BCUT2D eigenvalue weighted by Crippen LogP contribution is 2.42. The molecule has 1 saturated carbocycles. The molecule has 0 radical (unpaired) electrons. The molecule has 22 heavy (non-hydrogen) atoms. The minimum absolute atomic E-state index is 0.0382. The molecule has 0 aromatic heterocycles. The van der Waals surface area contributed by atoms with E-state index in [1.165, 1.54) is 0 Å². The molecule has 1 aliphatic rings. The van der Waals surface area contributed by atoms with Crippen molar-refractivity contribution in [2.24, 2.45) is 5.92 Å². The summed E-state index contributed by atoms with van der Waals surface area (Å²) in [6.07, 6.45) is 1.43. The van der Waals surface area contributed by atoms with E-state index in [0.29, 0.717) is 13.0 Å². The van der Waals surface area contributed by atoms with Crippen LogP contribution in [0.4, 0.5) is 0 Å². The Balaban J connectivity index is 1.76. The minimum atomic E-state index is -0.723. The largest absolute Gasteiger partial charge is 0.481 e. The van der Waals surface area contributed by atoms with Crippen LogP contribution in [0, 0.1) is 5.92 Å². The standard InChI is InChI=1S/C19H20O3/c20-19(21)16-11-12-17(18(16)15-9-5-2-6-10-15)22-13-14-7-3-1-4-8-14/h1-10,16-18H,11-13H2,(H,20,21). The Labute approximate surface area is 130 Å². The number of aliphatic carboxylic acids is 1. The lowest BCUT2D eigenvalue weighted by molar-refractivity contribution is -0.142. The SMILES string of the molecule is O=C(O)C1CCC(OCc2ccccc2)C1c1ccccc1. The van der Waals surface area contributed by atoms with Gasteiger partial charge in [-0.2, -0.15) is 0 Å². The van der Waals surface area contributed by atoms with Gasteiger partial charge in [0.15, 0.2) is 0 Å². The van der Waals surface area contributed by atoms with Gasteiger partial charge in [-0.3, -0.25) is 4.79 Å². The van der Waals surface area contributed by atoms with Gasteiger partial charge in [-0.05, 0) is 24.0 Å². The van der Waals surface area contributed by atoms with E-state index >= 15 is 0 Å². The minimum Gasteiger partial charge on any atom is -0.481 e. The van der Waals surface area contributed by atoms with Crippen molar-refractivity contribution in [3.05, 3.63) is 71.8 Å². The first-order chi connectivity index (χ1) is 10.8. The van der Waals surface area contributed by atoms with E-state index in [1.807, 2.05) is 60.7 Å². The lowest BCUT2D eigenvalue weighted by Crippen LogP contribution is -2.25. The summed E-state index contributed by atoms with van der Waals surface area (Å²) < 4.78 is 6.07. The van der Waals surface area contributed by atoms with Crippen LogP contribution in [0.1, 0.15) is 29.9 Å². The van der Waals surface area contributed by atoms with Crippen LogP contribution in [-0.4, -0.2) is 17.2 Å². The van der Waals surface area contributed by atoms with Gasteiger partial charge in [0, 0.05) is 5.92 Å². The van der Waals surface area contributed by atoms with Crippen LogP contribution < -0.4 is 0 Å². The molecule has 1 fully saturated rings. The molecular weight excluding hydrogens is 276 g/mol. The van der Waals surface area contributed by atoms with Gasteiger partial charge in [0.25, 0.3) is 0 Å². The summed E-state index contributed by atoms with van der Waals surface area (Å²) in [5, 5.41) is 9.49. The Morgan fingerprint density at radius 1 is 1.00 bits per heavy atom. The number of carboxylic acid groups (broad SMARTS) is 1. The van der Waals surface area contributed by atoms with Crippen molar-refractivity contribution in [2.45, 2.75) is 31.5 Å². The normalized spacial score (nSPS) is 24.3. The summed E-state index contributed by atoms with van der Waals surface area (Å²) in [6, 6.07) is 19.9. The van der Waals surface area contributed by atoms with Gasteiger partial charge in [-0.25, -0.2) is 0 Å². The second-order valence-corrected chi connectivity index (χ2v) is 5.79. The summed E-state index contributed by atoms with van der Waals surface area (Å²) in [7, 11) is 0. The van der Waals surface area contributed by atoms with E-state index in [4.69, 9.17) is 4.74 Å². The summed E-state index contributed by atoms with van der Waals surface area (Å²) in [4.78, 5) is 11.5. The maximum absolute atomic E-state index is 11.5. The van der Waals surface area contributed by atoms with Gasteiger partial charge < -0.3 is 9.84 Å². The highest BCUT2D eigenvalue weighted by atomic mass is 16.5. The molecule has 2 aromatic rings. The molecule has 3 rings (SSSR count). The molecule has 114 valence electrons. The fraction of sp³-hybridized carbons (Fsp3) is 0.316. The van der Waals surface area contributed by atoms with Crippen molar-refractivity contribution >= 4 is 5.97 Å². The van der Waals surface area contributed by atoms with Crippen molar-refractivity contribution in [2.75, 3.05) is 0 Å². The fourth-order valence-electron chi connectivity index (χ4n) is 3.33. The van der Waals surface area contributed by atoms with Crippen molar-refractivity contribution in [1.82, 2.24) is 0 Å². The number of hydrogen-bond donors (Lipinski definition) is 1. The first-order valence-electron chi connectivity index (χ1n) is 7.69. The summed E-state index contributed by atoms with van der Waals surface area (Å²) in [5.41, 5.74) is 2.18. The van der Waals surface area contributed by atoms with Gasteiger partial charge in [-0.1, -0.05) is 60.7 Å². The topological polar surface area (TPSA) is 46.5 Å². The molecule has 3 nitrogen and oxygen atoms in total. The van der Waals surface area contributed by atoms with Crippen LogP contribution in [0.3, 0.4) is 0 Å². The molecule has 0 aliphatic heterocycles. The van der Waals surface area contributed by atoms with Crippen molar-refractivity contribution in [1.29, 1.82) is 0 Å². The number of carboxylic acids is 1. The zero-order valence-electron chi connectivity index (χ0n) is 12.4. The van der Waals surface area contributed by atoms with Crippen LogP contribution in [0.2, 0.25) is 0 Å². The van der Waals surface area contributed by atoms with E-state index in [-0.39, 0.29) is 17.9 Å². The molecule has 0 heterocycles. The number of rotatable bonds is 5. The van der Waals surface area contributed by atoms with Crippen LogP contribution >= 0.6 is 0 Å². The van der Waals surface area contributed by atoms with Crippen molar-refractivity contribution < 1.29 is 14.6 Å². The average Bonchev–Trinajstić information content (AvgIpc) is 2.99. The molecule has 0 amide bonds. The molecule has 3 atom stereocenters. The highest BCUT2D eigenvalue weighted by molar-refractivity contribution is 5.72. The molecule has 1 aliphatic carbocycles. The average molecular weight is 296 g/mol. The predicted octanol–water partition coefficient (Wildman–Crippen LogP) is 3.85. The smallest absolute Gasteiger partial charge is 0.307 e. The van der Waals surface area contributed by atoms with Crippen molar-refractivity contribution in [3.63, 3.8) is 0 Å². The summed E-state index contributed by atoms with van der Waals surface area (Å²) >= 11 is 0. The maximum atomic E-state index is 11.5. The monoisotopic (exact) mass is 296 g/mol. The first-order valence-corrected chi connectivity index (χ1v) is 7.69. The van der Waals surface area contributed by atoms with E-state index in [0.717, 1.165) is 17.5 Å². The van der Waals surface area contributed by atoms with Crippen LogP contribution in [0.15, 0.2) is 60.7 Å². The third-order valence-corrected chi connectivity index (χ3v) is 4.40. The lowest BCUT2D eigenvalue weighted by Gasteiger charge is -2.23. The third kappa shape index (κ3) is 3.20. The Kier molecular flexibility index (Phi) is 4.54. The molecule has 0 bridgehead atoms. The Morgan fingerprint density at radius 3 is 2.27 bits per heavy atom. The van der Waals surface area contributed by atoms with E-state index in [9.17, 15) is 9.90 Å². The number of carbonyl (C=O) groups is 1. The van der Waals surface area contributed by atoms with Gasteiger partial charge in [0.1, 0.15) is 0 Å². The molecule has 1 N–H and O–H groups in total. The Bertz CT molecular complexity index is 609. The zero-order valence-corrected chi connectivity index (χ0v) is 12.4. The molecule has 0 spiro atoms. The molecular formula is C19H20O3.